The highest BCUT2D eigenvalue weighted by Gasteiger charge is 2.28. The summed E-state index contributed by atoms with van der Waals surface area (Å²) in [5.74, 6) is -1.37. The predicted molar refractivity (Wildman–Crippen MR) is 132 cm³/mol. The molecule has 0 aliphatic carbocycles. The summed E-state index contributed by atoms with van der Waals surface area (Å²) in [5.41, 5.74) is 6.67. The highest BCUT2D eigenvalue weighted by molar-refractivity contribution is 5.92. The fourth-order valence-electron chi connectivity index (χ4n) is 3.47. The van der Waals surface area contributed by atoms with Crippen LogP contribution in [0.1, 0.15) is 70.9 Å². The van der Waals surface area contributed by atoms with Gasteiger partial charge < -0.3 is 21.1 Å². The van der Waals surface area contributed by atoms with Crippen LogP contribution in [0.15, 0.2) is 24.3 Å². The molecule has 0 aliphatic rings. The van der Waals surface area contributed by atoms with Crippen LogP contribution in [0.3, 0.4) is 0 Å². The number of hydrogen-bond acceptors (Lipinski definition) is 6. The molecule has 2 atom stereocenters. The molecule has 1 aromatic rings. The van der Waals surface area contributed by atoms with Gasteiger partial charge in [-0.05, 0) is 29.9 Å². The van der Waals surface area contributed by atoms with Gasteiger partial charge in [0.25, 0.3) is 0 Å². The van der Waals surface area contributed by atoms with Crippen molar-refractivity contribution in [2.75, 3.05) is 6.54 Å². The third-order valence-corrected chi connectivity index (χ3v) is 5.75. The largest absolute Gasteiger partial charge is 0.461 e. The Morgan fingerprint density at radius 2 is 1.60 bits per heavy atom. The molecule has 35 heavy (non-hydrogen) atoms. The maximum absolute atomic E-state index is 13.1. The third kappa shape index (κ3) is 11.6. The molecule has 0 spiro atoms. The fourth-order valence-corrected chi connectivity index (χ4v) is 3.47. The van der Waals surface area contributed by atoms with Gasteiger partial charge in [0.2, 0.25) is 5.91 Å². The fraction of sp³-hybridized carbons (Fsp3) is 0.577. The van der Waals surface area contributed by atoms with Crippen molar-refractivity contribution in [3.8, 4) is 0 Å². The minimum atomic E-state index is -0.764. The second kappa shape index (κ2) is 15.6. The molecule has 0 aromatic heterocycles. The van der Waals surface area contributed by atoms with Gasteiger partial charge in [0.1, 0.15) is 12.4 Å². The second-order valence-electron chi connectivity index (χ2n) is 8.92. The molecule has 0 radical (unpaired) electrons. The van der Waals surface area contributed by atoms with Gasteiger partial charge in [-0.2, -0.15) is 0 Å². The van der Waals surface area contributed by atoms with Gasteiger partial charge in [0.05, 0.1) is 6.04 Å². The van der Waals surface area contributed by atoms with Crippen LogP contribution in [0.5, 0.6) is 0 Å². The summed E-state index contributed by atoms with van der Waals surface area (Å²) >= 11 is 0. The van der Waals surface area contributed by atoms with Gasteiger partial charge in [-0.15, -0.1) is 0 Å². The highest BCUT2D eigenvalue weighted by atomic mass is 16.5. The van der Waals surface area contributed by atoms with E-state index in [9.17, 15) is 24.0 Å². The van der Waals surface area contributed by atoms with Crippen molar-refractivity contribution in [2.24, 2.45) is 17.6 Å². The first-order chi connectivity index (χ1) is 16.6. The number of ketones is 2. The summed E-state index contributed by atoms with van der Waals surface area (Å²) in [6, 6.07) is 5.75. The minimum absolute atomic E-state index is 0.00269. The highest BCUT2D eigenvalue weighted by Crippen LogP contribution is 2.18. The summed E-state index contributed by atoms with van der Waals surface area (Å²) < 4.78 is 5.11. The summed E-state index contributed by atoms with van der Waals surface area (Å²) in [5, 5.41) is 5.33. The average molecular weight is 490 g/mol. The van der Waals surface area contributed by atoms with Crippen LogP contribution < -0.4 is 16.4 Å². The summed E-state index contributed by atoms with van der Waals surface area (Å²) in [6.45, 7) is 7.68. The molecular weight excluding hydrogens is 450 g/mol. The molecule has 194 valence electrons. The lowest BCUT2D eigenvalue weighted by Crippen LogP contribution is -2.46. The number of carbonyl (C=O) groups excluding carboxylic acids is 5. The number of carbonyl (C=O) groups is 5. The Hall–Kier alpha value is -3.23. The number of nitrogens with two attached hydrogens (primary N) is 1. The zero-order valence-electron chi connectivity index (χ0n) is 21.2. The number of rotatable bonds is 16. The Labute approximate surface area is 207 Å². The van der Waals surface area contributed by atoms with Crippen LogP contribution >= 0.6 is 0 Å². The van der Waals surface area contributed by atoms with E-state index in [2.05, 4.69) is 10.6 Å². The molecule has 0 heterocycles. The Morgan fingerprint density at radius 3 is 2.14 bits per heavy atom. The molecule has 9 nitrogen and oxygen atoms in total. The van der Waals surface area contributed by atoms with Gasteiger partial charge >= 0.3 is 12.0 Å². The summed E-state index contributed by atoms with van der Waals surface area (Å²) in [6.07, 6.45) is 1.66. The van der Waals surface area contributed by atoms with Crippen molar-refractivity contribution in [1.29, 1.82) is 0 Å². The molecule has 3 amide bonds. The number of hydrogen-bond donors (Lipinski definition) is 3. The molecule has 0 fully saturated rings. The minimum Gasteiger partial charge on any atom is -0.461 e. The average Bonchev–Trinajstić information content (AvgIpc) is 2.82. The lowest BCUT2D eigenvalue weighted by atomic mass is 9.88. The van der Waals surface area contributed by atoms with E-state index in [-0.39, 0.29) is 55.4 Å². The van der Waals surface area contributed by atoms with Crippen LogP contribution in [0.4, 0.5) is 4.79 Å². The first-order valence-electron chi connectivity index (χ1n) is 12.2. The Bertz CT molecular complexity index is 866. The predicted octanol–water partition coefficient (Wildman–Crippen LogP) is 2.83. The lowest BCUT2D eigenvalue weighted by molar-refractivity contribution is -0.144. The van der Waals surface area contributed by atoms with Gasteiger partial charge in [-0.25, -0.2) is 4.79 Å². The Kier molecular flexibility index (Phi) is 13.3. The molecular formula is C26H39N3O6. The van der Waals surface area contributed by atoms with E-state index in [1.54, 1.807) is 38.1 Å². The van der Waals surface area contributed by atoms with E-state index in [4.69, 9.17) is 10.5 Å². The zero-order valence-corrected chi connectivity index (χ0v) is 21.2. The number of urea groups is 1. The first-order valence-corrected chi connectivity index (χ1v) is 12.2. The number of ether oxygens (including phenoxy) is 1. The SMILES string of the molecule is CCC(=O)C[C@H](C(=O)N[C@@H](CCCNC(N)=O)C(=O)Cc1ccc(COC(=O)CC)cc1)C(C)C. The van der Waals surface area contributed by atoms with Gasteiger partial charge in [-0.3, -0.25) is 19.2 Å². The maximum Gasteiger partial charge on any atom is 0.312 e. The Balaban J connectivity index is 2.88. The lowest BCUT2D eigenvalue weighted by Gasteiger charge is -2.24. The van der Waals surface area contributed by atoms with E-state index < -0.39 is 18.0 Å². The van der Waals surface area contributed by atoms with E-state index in [1.165, 1.54) is 0 Å². The second-order valence-corrected chi connectivity index (χ2v) is 8.92. The molecule has 0 aliphatic heterocycles. The van der Waals surface area contributed by atoms with Gasteiger partial charge in [0.15, 0.2) is 5.78 Å². The number of amides is 3. The van der Waals surface area contributed by atoms with E-state index in [1.807, 2.05) is 13.8 Å². The zero-order chi connectivity index (χ0) is 26.4. The molecule has 0 saturated carbocycles. The summed E-state index contributed by atoms with van der Waals surface area (Å²) in [4.78, 5) is 60.3. The first kappa shape index (κ1) is 29.8. The molecule has 9 heteroatoms. The molecule has 4 N–H and O–H groups in total. The standard InChI is InChI=1S/C26H39N3O6/c1-5-20(30)15-21(17(3)4)25(33)29-22(8-7-13-28-26(27)34)23(31)14-18-9-11-19(12-10-18)16-35-24(32)6-2/h9-12,17,21-22H,5-8,13-16H2,1-4H3,(H,29,33)(H3,27,28,34)/t21-,22-/m0/s1. The normalized spacial score (nSPS) is 12.5. The number of esters is 1. The van der Waals surface area contributed by atoms with E-state index >= 15 is 0 Å². The Morgan fingerprint density at radius 1 is 0.971 bits per heavy atom. The van der Waals surface area contributed by atoms with Crippen molar-refractivity contribution in [1.82, 2.24) is 10.6 Å². The number of benzene rings is 1. The van der Waals surface area contributed by atoms with Crippen LogP contribution in [0.2, 0.25) is 0 Å². The topological polar surface area (TPSA) is 145 Å². The number of nitrogens with one attached hydrogen (secondary N) is 2. The van der Waals surface area contributed by atoms with Crippen molar-refractivity contribution in [2.45, 2.75) is 78.9 Å². The van der Waals surface area contributed by atoms with Crippen LogP contribution in [0.25, 0.3) is 0 Å². The van der Waals surface area contributed by atoms with Crippen molar-refractivity contribution in [3.63, 3.8) is 0 Å². The smallest absolute Gasteiger partial charge is 0.312 e. The van der Waals surface area contributed by atoms with Gasteiger partial charge in [-0.1, -0.05) is 52.0 Å². The number of Topliss-reactive ketones (excluding diaryl/α,β-unsaturated/α-hetero) is 2. The van der Waals surface area contributed by atoms with E-state index in [0.717, 1.165) is 11.1 Å². The molecule has 0 bridgehead atoms. The van der Waals surface area contributed by atoms with Crippen LogP contribution in [0, 0.1) is 11.8 Å². The van der Waals surface area contributed by atoms with Crippen molar-refractivity contribution in [3.05, 3.63) is 35.4 Å². The molecule has 0 unspecified atom stereocenters. The van der Waals surface area contributed by atoms with Crippen molar-refractivity contribution >= 4 is 29.5 Å². The molecule has 0 saturated heterocycles. The molecule has 1 aromatic carbocycles. The van der Waals surface area contributed by atoms with Crippen molar-refractivity contribution < 1.29 is 28.7 Å². The number of primary amides is 1. The van der Waals surface area contributed by atoms with Crippen LogP contribution in [-0.4, -0.2) is 42.1 Å². The third-order valence-electron chi connectivity index (χ3n) is 5.75. The van der Waals surface area contributed by atoms with Gasteiger partial charge in [0, 0.05) is 38.1 Å². The maximum atomic E-state index is 13.1. The van der Waals surface area contributed by atoms with E-state index in [0.29, 0.717) is 25.7 Å². The monoisotopic (exact) mass is 489 g/mol. The summed E-state index contributed by atoms with van der Waals surface area (Å²) in [7, 11) is 0. The van der Waals surface area contributed by atoms with Crippen LogP contribution in [-0.2, 0) is 36.9 Å². The quantitative estimate of drug-likeness (QED) is 0.240. The molecule has 1 rings (SSSR count).